The number of nitriles is 1. The molecule has 2 aliphatic rings. The Morgan fingerprint density at radius 2 is 2.30 bits per heavy atom. The van der Waals surface area contributed by atoms with Crippen LogP contribution in [0.2, 0.25) is 0 Å². The average molecular weight is 353 g/mol. The van der Waals surface area contributed by atoms with Crippen LogP contribution in [0.25, 0.3) is 10.4 Å². The molecule has 2 saturated heterocycles. The molecule has 0 aromatic heterocycles. The summed E-state index contributed by atoms with van der Waals surface area (Å²) >= 11 is 0. The number of azide groups is 1. The van der Waals surface area contributed by atoms with Crippen molar-refractivity contribution in [3.8, 4) is 6.07 Å². The number of ether oxygens (including phenoxy) is 2. The fourth-order valence-corrected chi connectivity index (χ4v) is 2.64. The van der Waals surface area contributed by atoms with Crippen LogP contribution in [0.15, 0.2) is 5.11 Å². The molecule has 2 rings (SSSR count). The average Bonchev–Trinajstić information content (AvgIpc) is 2.89. The quantitative estimate of drug-likeness (QED) is 0.333. The maximum Gasteiger partial charge on any atom is 0.163 e. The van der Waals surface area contributed by atoms with Crippen molar-refractivity contribution in [1.82, 2.24) is 4.90 Å². The third-order valence-corrected chi connectivity index (χ3v) is 3.66. The van der Waals surface area contributed by atoms with Gasteiger partial charge in [-0.3, -0.25) is 0 Å². The van der Waals surface area contributed by atoms with Gasteiger partial charge in [0.2, 0.25) is 0 Å². The molecular weight excluding hydrogens is 335 g/mol. The Kier molecular flexibility index (Phi) is 6.39. The van der Waals surface area contributed by atoms with Crippen molar-refractivity contribution in [1.29, 1.82) is 5.26 Å². The van der Waals surface area contributed by atoms with Gasteiger partial charge in [-0.1, -0.05) is 5.11 Å². The second-order valence-corrected chi connectivity index (χ2v) is 5.34. The summed E-state index contributed by atoms with van der Waals surface area (Å²) in [6.07, 6.45) is 2.40. The Balaban J connectivity index is 0.00000200. The normalized spacial score (nSPS) is 33.8. The van der Waals surface area contributed by atoms with Crippen LogP contribution >= 0.6 is 0 Å². The summed E-state index contributed by atoms with van der Waals surface area (Å²) < 4.78 is 11.3. The van der Waals surface area contributed by atoms with Gasteiger partial charge in [0, 0.05) is 37.6 Å². The van der Waals surface area contributed by atoms with Crippen molar-refractivity contribution in [3.05, 3.63) is 16.9 Å². The minimum Gasteiger partial charge on any atom is -0.348 e. The molecule has 20 heavy (non-hydrogen) atoms. The number of hydrogen-bond acceptors (Lipinski definition) is 5. The molecule has 7 nitrogen and oxygen atoms in total. The molecule has 0 aromatic carbocycles. The summed E-state index contributed by atoms with van der Waals surface area (Å²) in [6.45, 7) is 4.06. The van der Waals surface area contributed by atoms with Gasteiger partial charge in [-0.2, -0.15) is 5.26 Å². The van der Waals surface area contributed by atoms with Gasteiger partial charge in [0.05, 0.1) is 30.9 Å². The molecule has 0 aromatic rings. The van der Waals surface area contributed by atoms with Gasteiger partial charge in [0.1, 0.15) is 0 Å². The molecule has 2 aliphatic heterocycles. The van der Waals surface area contributed by atoms with Crippen LogP contribution in [0.1, 0.15) is 20.3 Å². The van der Waals surface area contributed by atoms with Gasteiger partial charge in [-0.25, -0.2) is 0 Å². The number of hydrogen-bond donors (Lipinski definition) is 0. The van der Waals surface area contributed by atoms with Crippen LogP contribution in [0.5, 0.6) is 0 Å². The first-order chi connectivity index (χ1) is 8.98. The minimum atomic E-state index is -0.653. The van der Waals surface area contributed by atoms with Gasteiger partial charge >= 0.3 is 0 Å². The number of rotatable bonds is 3. The molecule has 0 bridgehead atoms. The molecule has 4 atom stereocenters. The maximum absolute atomic E-state index is 9.04. The summed E-state index contributed by atoms with van der Waals surface area (Å²) in [7, 11) is 1.86. The van der Waals surface area contributed by atoms with Crippen molar-refractivity contribution in [2.24, 2.45) is 5.11 Å². The molecule has 0 N–H and O–H groups in total. The van der Waals surface area contributed by atoms with Gasteiger partial charge in [0.15, 0.2) is 5.79 Å². The summed E-state index contributed by atoms with van der Waals surface area (Å²) in [5, 5.41) is 12.9. The van der Waals surface area contributed by atoms with Crippen LogP contribution in [0.3, 0.4) is 0 Å². The van der Waals surface area contributed by atoms with E-state index in [2.05, 4.69) is 16.1 Å². The van der Waals surface area contributed by atoms with Crippen LogP contribution in [-0.4, -0.2) is 48.6 Å². The van der Waals surface area contributed by atoms with Crippen LogP contribution in [0, 0.1) is 17.8 Å². The fourth-order valence-electron chi connectivity index (χ4n) is 2.64. The zero-order valence-corrected chi connectivity index (χ0v) is 14.8. The Morgan fingerprint density at radius 1 is 1.60 bits per heavy atom. The van der Waals surface area contributed by atoms with Crippen molar-refractivity contribution >= 4 is 0 Å². The number of likely N-dealkylation sites (tertiary alicyclic amines) is 1. The molecule has 0 amide bonds. The van der Waals surface area contributed by atoms with Crippen molar-refractivity contribution in [2.45, 2.75) is 50.3 Å². The van der Waals surface area contributed by atoms with Gasteiger partial charge in [0.25, 0.3) is 0 Å². The largest absolute Gasteiger partial charge is 0.348 e. The van der Waals surface area contributed by atoms with E-state index in [0.717, 1.165) is 0 Å². The van der Waals surface area contributed by atoms with Gasteiger partial charge in [-0.05, 0) is 26.4 Å². The Morgan fingerprint density at radius 3 is 2.75 bits per heavy atom. The van der Waals surface area contributed by atoms with Gasteiger partial charge in [-0.15, -0.1) is 12.5 Å². The standard InChI is InChI=1S/C12H18N5O2.Y/c1-12(2)18-7-10(19-12)11(15-16-14)9-5-4-8(6-13)17(9)3;/h5,8-11H,4,7H2,1-3H3;/q-1;/t8?,9-,10-,11-;/m1./s1. The predicted molar refractivity (Wildman–Crippen MR) is 67.7 cm³/mol. The third kappa shape index (κ3) is 3.70. The van der Waals surface area contributed by atoms with E-state index in [1.807, 2.05) is 32.2 Å². The zero-order valence-electron chi connectivity index (χ0n) is 11.9. The third-order valence-electron chi connectivity index (χ3n) is 3.66. The van der Waals surface area contributed by atoms with Gasteiger partial charge < -0.3 is 20.8 Å². The topological polar surface area (TPSA) is 94.3 Å². The zero-order chi connectivity index (χ0) is 14.0. The number of nitrogens with zero attached hydrogens (tertiary/aromatic N) is 5. The smallest absolute Gasteiger partial charge is 0.163 e. The fraction of sp³-hybridized carbons (Fsp3) is 0.833. The summed E-state index contributed by atoms with van der Waals surface area (Å²) in [5.41, 5.74) is 8.76. The second kappa shape index (κ2) is 7.17. The first-order valence-corrected chi connectivity index (χ1v) is 6.29. The minimum absolute atomic E-state index is 0. The molecule has 0 saturated carbocycles. The molecule has 0 aliphatic carbocycles. The van der Waals surface area contributed by atoms with Crippen molar-refractivity contribution in [2.75, 3.05) is 13.7 Å². The maximum atomic E-state index is 9.04. The molecule has 2 fully saturated rings. The molecule has 1 unspecified atom stereocenters. The van der Waals surface area contributed by atoms with E-state index in [1.54, 1.807) is 0 Å². The SMILES string of the molecule is CN1C(C#N)C[CH-][C@@H]1[C@@H](N=[N+]=[N-])[C@H]1COC(C)(C)O1.[Y]. The van der Waals surface area contributed by atoms with E-state index in [0.29, 0.717) is 13.0 Å². The first kappa shape index (κ1) is 17.8. The Bertz CT molecular complexity index is 432. The predicted octanol–water partition coefficient (Wildman–Crippen LogP) is 1.61. The second-order valence-electron chi connectivity index (χ2n) is 5.34. The molecular formula is C12H18N5O2Y-. The van der Waals surface area contributed by atoms with E-state index in [1.165, 1.54) is 0 Å². The molecule has 0 spiro atoms. The molecule has 8 heteroatoms. The van der Waals surface area contributed by atoms with E-state index in [9.17, 15) is 0 Å². The molecule has 1 radical (unpaired) electrons. The summed E-state index contributed by atoms with van der Waals surface area (Å²) in [4.78, 5) is 4.84. The Hall–Kier alpha value is -0.216. The first-order valence-electron chi connectivity index (χ1n) is 6.29. The van der Waals surface area contributed by atoms with E-state index in [4.69, 9.17) is 20.3 Å². The number of likely N-dealkylation sites (N-methyl/N-ethyl adjacent to an activating group) is 1. The van der Waals surface area contributed by atoms with Crippen molar-refractivity contribution in [3.63, 3.8) is 0 Å². The van der Waals surface area contributed by atoms with E-state index >= 15 is 0 Å². The van der Waals surface area contributed by atoms with Crippen LogP contribution in [-0.2, 0) is 42.2 Å². The molecule has 2 heterocycles. The molecule has 107 valence electrons. The van der Waals surface area contributed by atoms with E-state index < -0.39 is 5.79 Å². The summed E-state index contributed by atoms with van der Waals surface area (Å²) in [6, 6.07) is 1.59. The van der Waals surface area contributed by atoms with Crippen molar-refractivity contribution < 1.29 is 42.2 Å². The monoisotopic (exact) mass is 353 g/mol. The van der Waals surface area contributed by atoms with Crippen LogP contribution in [0.4, 0.5) is 0 Å². The summed E-state index contributed by atoms with van der Waals surface area (Å²) in [5.74, 6) is -0.653. The Labute approximate surface area is 144 Å². The van der Waals surface area contributed by atoms with E-state index in [-0.39, 0.29) is 56.9 Å². The van der Waals surface area contributed by atoms with Crippen LogP contribution < -0.4 is 0 Å².